The van der Waals surface area contributed by atoms with Crippen LogP contribution in [0.5, 0.6) is 0 Å². The summed E-state index contributed by atoms with van der Waals surface area (Å²) in [7, 11) is 0. The van der Waals surface area contributed by atoms with E-state index in [0.29, 0.717) is 18.3 Å². The van der Waals surface area contributed by atoms with Crippen molar-refractivity contribution in [1.82, 2.24) is 9.97 Å². The first-order valence-corrected chi connectivity index (χ1v) is 4.96. The van der Waals surface area contributed by atoms with Crippen LogP contribution in [0, 0.1) is 11.3 Å². The third-order valence-corrected chi connectivity index (χ3v) is 1.93. The monoisotopic (exact) mass is 228 g/mol. The Morgan fingerprint density at radius 2 is 2.33 bits per heavy atom. The van der Waals surface area contributed by atoms with Gasteiger partial charge in [0.25, 0.3) is 5.56 Å². The number of rotatable bonds is 4. The Balaban J connectivity index is 3.04. The minimum absolute atomic E-state index is 0.0249. The molecule has 0 radical (unpaired) electrons. The highest BCUT2D eigenvalue weighted by molar-refractivity contribution is 6.28. The number of H-pyrrole nitrogens is 1. The zero-order chi connectivity index (χ0) is 11.4. The number of aromatic nitrogens is 2. The minimum atomic E-state index is -0.406. The number of halogens is 1. The molecule has 0 saturated carbocycles. The van der Waals surface area contributed by atoms with Crippen LogP contribution in [0.2, 0.25) is 5.28 Å². The summed E-state index contributed by atoms with van der Waals surface area (Å²) in [6, 6.07) is 0. The van der Waals surface area contributed by atoms with Gasteiger partial charge in [0, 0.05) is 12.8 Å². The summed E-state index contributed by atoms with van der Waals surface area (Å²) in [5, 5.41) is 10.1. The van der Waals surface area contributed by atoms with E-state index in [2.05, 4.69) is 15.3 Å². The lowest BCUT2D eigenvalue weighted by atomic mass is 10.2. The summed E-state index contributed by atoms with van der Waals surface area (Å²) < 4.78 is 0. The second-order valence-corrected chi connectivity index (χ2v) is 3.90. The van der Waals surface area contributed by atoms with Gasteiger partial charge in [0.1, 0.15) is 5.82 Å². The summed E-state index contributed by atoms with van der Waals surface area (Å²) in [6.45, 7) is 4.74. The summed E-state index contributed by atoms with van der Waals surface area (Å²) >= 11 is 5.61. The molecule has 0 aromatic carbocycles. The molecular weight excluding hydrogens is 216 g/mol. The Hall–Kier alpha value is -1.36. The van der Waals surface area contributed by atoms with Gasteiger partial charge in [0.2, 0.25) is 5.28 Å². The Kier molecular flexibility index (Phi) is 3.85. The average molecular weight is 229 g/mol. The maximum atomic E-state index is 11.4. The largest absolute Gasteiger partial charge is 0.369 e. The van der Waals surface area contributed by atoms with Crippen LogP contribution >= 0.6 is 11.6 Å². The lowest BCUT2D eigenvalue weighted by molar-refractivity contribution is 0.686. The van der Waals surface area contributed by atoms with E-state index in [1.54, 1.807) is 0 Å². The zero-order valence-electron chi connectivity index (χ0n) is 8.60. The van der Waals surface area contributed by atoms with Crippen molar-refractivity contribution in [3.63, 3.8) is 0 Å². The Morgan fingerprint density at radius 3 is 2.87 bits per heavy atom. The second kappa shape index (κ2) is 4.93. The molecular formula is C9H13ClN4O. The van der Waals surface area contributed by atoms with Gasteiger partial charge >= 0.3 is 0 Å². The fraction of sp³-hybridized carbons (Fsp3) is 0.444. The first-order valence-electron chi connectivity index (χ1n) is 4.58. The first kappa shape index (κ1) is 11.7. The molecule has 15 heavy (non-hydrogen) atoms. The number of nitrogens with one attached hydrogen (secondary N) is 3. The van der Waals surface area contributed by atoms with E-state index < -0.39 is 5.56 Å². The molecule has 1 aromatic rings. The predicted molar refractivity (Wildman–Crippen MR) is 61.1 cm³/mol. The highest BCUT2D eigenvalue weighted by Crippen LogP contribution is 2.09. The number of nitrogens with zero attached hydrogens (tertiary/aromatic N) is 1. The van der Waals surface area contributed by atoms with Gasteiger partial charge in [0.05, 0.1) is 5.56 Å². The third kappa shape index (κ3) is 3.06. The summed E-state index contributed by atoms with van der Waals surface area (Å²) in [6.07, 6.45) is 0.963. The fourth-order valence-corrected chi connectivity index (χ4v) is 1.19. The molecule has 0 saturated heterocycles. The number of hydrogen-bond donors (Lipinski definition) is 3. The SMILES string of the molecule is CC(C)CNc1nc(Cl)[nH]c(=O)c1C=N. The summed E-state index contributed by atoms with van der Waals surface area (Å²) in [5.41, 5.74) is -0.212. The molecule has 1 heterocycles. The molecule has 0 bridgehead atoms. The van der Waals surface area contributed by atoms with Crippen molar-refractivity contribution in [3.8, 4) is 0 Å². The minimum Gasteiger partial charge on any atom is -0.369 e. The lowest BCUT2D eigenvalue weighted by Gasteiger charge is -2.09. The molecule has 3 N–H and O–H groups in total. The average Bonchev–Trinajstić information content (AvgIpc) is 2.13. The topological polar surface area (TPSA) is 81.6 Å². The molecule has 0 fully saturated rings. The van der Waals surface area contributed by atoms with Crippen molar-refractivity contribution in [3.05, 3.63) is 21.2 Å². The van der Waals surface area contributed by atoms with Gasteiger partial charge in [-0.3, -0.25) is 9.78 Å². The highest BCUT2D eigenvalue weighted by Gasteiger charge is 2.08. The standard InChI is InChI=1S/C9H13ClN4O/c1-5(2)4-12-7-6(3-11)8(15)14-9(10)13-7/h3,5,11H,4H2,1-2H3,(H2,12,13,14,15). The van der Waals surface area contributed by atoms with E-state index in [1.807, 2.05) is 13.8 Å². The molecule has 1 rings (SSSR count). The molecule has 0 aliphatic heterocycles. The van der Waals surface area contributed by atoms with Crippen molar-refractivity contribution < 1.29 is 0 Å². The van der Waals surface area contributed by atoms with Crippen LogP contribution in [0.1, 0.15) is 19.4 Å². The van der Waals surface area contributed by atoms with E-state index >= 15 is 0 Å². The number of aromatic amines is 1. The van der Waals surface area contributed by atoms with Gasteiger partial charge in [0.15, 0.2) is 0 Å². The van der Waals surface area contributed by atoms with E-state index in [9.17, 15) is 4.79 Å². The predicted octanol–water partition coefficient (Wildman–Crippen LogP) is 1.49. The quantitative estimate of drug-likeness (QED) is 0.540. The van der Waals surface area contributed by atoms with Gasteiger partial charge in [-0.1, -0.05) is 13.8 Å². The van der Waals surface area contributed by atoms with Crippen LogP contribution in [0.15, 0.2) is 4.79 Å². The third-order valence-electron chi connectivity index (χ3n) is 1.75. The Morgan fingerprint density at radius 1 is 1.67 bits per heavy atom. The summed E-state index contributed by atoms with van der Waals surface area (Å²) in [5.74, 6) is 0.774. The smallest absolute Gasteiger partial charge is 0.262 e. The molecule has 0 atom stereocenters. The molecule has 5 nitrogen and oxygen atoms in total. The molecule has 82 valence electrons. The van der Waals surface area contributed by atoms with Crippen molar-refractivity contribution in [2.45, 2.75) is 13.8 Å². The number of hydrogen-bond acceptors (Lipinski definition) is 4. The lowest BCUT2D eigenvalue weighted by Crippen LogP contribution is -2.19. The molecule has 0 spiro atoms. The second-order valence-electron chi connectivity index (χ2n) is 3.54. The molecule has 0 aliphatic rings. The molecule has 0 aliphatic carbocycles. The van der Waals surface area contributed by atoms with Crippen molar-refractivity contribution in [2.24, 2.45) is 5.92 Å². The molecule has 0 unspecified atom stereocenters. The first-order chi connectivity index (χ1) is 7.04. The van der Waals surface area contributed by atoms with Crippen molar-refractivity contribution >= 4 is 23.6 Å². The van der Waals surface area contributed by atoms with Crippen LogP contribution in [0.3, 0.4) is 0 Å². The van der Waals surface area contributed by atoms with Crippen LogP contribution in [0.25, 0.3) is 0 Å². The van der Waals surface area contributed by atoms with Gasteiger partial charge in [-0.15, -0.1) is 0 Å². The fourth-order valence-electron chi connectivity index (χ4n) is 1.02. The van der Waals surface area contributed by atoms with Gasteiger partial charge in [-0.2, -0.15) is 0 Å². The van der Waals surface area contributed by atoms with Crippen LogP contribution < -0.4 is 10.9 Å². The highest BCUT2D eigenvalue weighted by atomic mass is 35.5. The Labute approximate surface area is 92.4 Å². The van der Waals surface area contributed by atoms with Gasteiger partial charge < -0.3 is 10.7 Å². The molecule has 6 heteroatoms. The van der Waals surface area contributed by atoms with E-state index in [4.69, 9.17) is 17.0 Å². The van der Waals surface area contributed by atoms with Crippen molar-refractivity contribution in [1.29, 1.82) is 5.41 Å². The number of anilines is 1. The van der Waals surface area contributed by atoms with E-state index in [0.717, 1.165) is 6.21 Å². The zero-order valence-corrected chi connectivity index (χ0v) is 9.35. The molecule has 1 aromatic heterocycles. The van der Waals surface area contributed by atoms with E-state index in [1.165, 1.54) is 0 Å². The van der Waals surface area contributed by atoms with Crippen LogP contribution in [-0.4, -0.2) is 22.7 Å². The normalized spacial score (nSPS) is 10.4. The Bertz CT molecular complexity index is 413. The maximum absolute atomic E-state index is 11.4. The summed E-state index contributed by atoms with van der Waals surface area (Å²) in [4.78, 5) is 17.6. The van der Waals surface area contributed by atoms with E-state index in [-0.39, 0.29) is 10.8 Å². The maximum Gasteiger partial charge on any atom is 0.262 e. The van der Waals surface area contributed by atoms with Gasteiger partial charge in [-0.25, -0.2) is 4.98 Å². The molecule has 0 amide bonds. The van der Waals surface area contributed by atoms with Gasteiger partial charge in [-0.05, 0) is 17.5 Å². The van der Waals surface area contributed by atoms with Crippen molar-refractivity contribution in [2.75, 3.05) is 11.9 Å². The van der Waals surface area contributed by atoms with Crippen LogP contribution in [-0.2, 0) is 0 Å². The van der Waals surface area contributed by atoms with Crippen LogP contribution in [0.4, 0.5) is 5.82 Å².